The van der Waals surface area contributed by atoms with Crippen molar-refractivity contribution in [1.29, 1.82) is 0 Å². The Morgan fingerprint density at radius 3 is 3.00 bits per heavy atom. The summed E-state index contributed by atoms with van der Waals surface area (Å²) in [6, 6.07) is 0.453. The van der Waals surface area contributed by atoms with Gasteiger partial charge in [-0.2, -0.15) is 0 Å². The maximum absolute atomic E-state index is 11.9. The summed E-state index contributed by atoms with van der Waals surface area (Å²) in [7, 11) is 3.86. The third-order valence-corrected chi connectivity index (χ3v) is 3.88. The molecule has 4 nitrogen and oxygen atoms in total. The van der Waals surface area contributed by atoms with E-state index in [1.807, 2.05) is 25.6 Å². The van der Waals surface area contributed by atoms with E-state index in [-0.39, 0.29) is 5.91 Å². The number of aromatic nitrogens is 1. The van der Waals surface area contributed by atoms with Gasteiger partial charge < -0.3 is 14.8 Å². The lowest BCUT2D eigenvalue weighted by Crippen LogP contribution is -2.29. The summed E-state index contributed by atoms with van der Waals surface area (Å²) in [5.41, 5.74) is 2.77. The third-order valence-electron chi connectivity index (χ3n) is 3.88. The van der Waals surface area contributed by atoms with Crippen LogP contribution in [0.3, 0.4) is 0 Å². The standard InChI is InChI=1S/C14H23N3O/c1-4-16(3)14(18)10-17-8-11-6-5-7-13(15-2)12(11)9-17/h8-9,13,15H,4-7,10H2,1-3H3. The molecule has 1 amide bonds. The van der Waals surface area contributed by atoms with Crippen LogP contribution in [0.5, 0.6) is 0 Å². The second kappa shape index (κ2) is 5.57. The number of carbonyl (C=O) groups is 1. The molecule has 1 aromatic rings. The van der Waals surface area contributed by atoms with E-state index >= 15 is 0 Å². The Morgan fingerprint density at radius 1 is 1.56 bits per heavy atom. The van der Waals surface area contributed by atoms with E-state index in [2.05, 4.69) is 17.7 Å². The molecule has 0 saturated carbocycles. The van der Waals surface area contributed by atoms with Crippen molar-refractivity contribution in [3.63, 3.8) is 0 Å². The van der Waals surface area contributed by atoms with Gasteiger partial charge in [-0.1, -0.05) is 0 Å². The lowest BCUT2D eigenvalue weighted by Gasteiger charge is -2.21. The second-order valence-electron chi connectivity index (χ2n) is 5.05. The van der Waals surface area contributed by atoms with Gasteiger partial charge in [0.25, 0.3) is 0 Å². The van der Waals surface area contributed by atoms with Crippen LogP contribution in [0.15, 0.2) is 12.4 Å². The molecule has 100 valence electrons. The topological polar surface area (TPSA) is 37.3 Å². The van der Waals surface area contributed by atoms with Crippen molar-refractivity contribution in [2.45, 2.75) is 38.8 Å². The molecule has 0 bridgehead atoms. The molecule has 0 radical (unpaired) electrons. The fourth-order valence-corrected chi connectivity index (χ4v) is 2.59. The van der Waals surface area contributed by atoms with Crippen molar-refractivity contribution in [1.82, 2.24) is 14.8 Å². The molecule has 1 aliphatic carbocycles. The third kappa shape index (κ3) is 2.58. The van der Waals surface area contributed by atoms with Crippen LogP contribution in [0.25, 0.3) is 0 Å². The summed E-state index contributed by atoms with van der Waals surface area (Å²) in [6.45, 7) is 3.21. The van der Waals surface area contributed by atoms with Gasteiger partial charge in [0.1, 0.15) is 6.54 Å². The normalized spacial score (nSPS) is 18.5. The molecule has 1 heterocycles. The number of likely N-dealkylation sites (N-methyl/N-ethyl adjacent to an activating group) is 1. The number of carbonyl (C=O) groups excluding carboxylic acids is 1. The molecule has 0 aromatic carbocycles. The van der Waals surface area contributed by atoms with Gasteiger partial charge in [-0.15, -0.1) is 0 Å². The average Bonchev–Trinajstić information content (AvgIpc) is 2.79. The number of nitrogens with one attached hydrogen (secondary N) is 1. The Bertz CT molecular complexity index is 425. The highest BCUT2D eigenvalue weighted by Gasteiger charge is 2.21. The van der Waals surface area contributed by atoms with Crippen LogP contribution in [-0.4, -0.2) is 36.0 Å². The zero-order valence-corrected chi connectivity index (χ0v) is 11.6. The predicted molar refractivity (Wildman–Crippen MR) is 72.5 cm³/mol. The predicted octanol–water partition coefficient (Wildman–Crippen LogP) is 1.56. The van der Waals surface area contributed by atoms with Crippen LogP contribution in [0.1, 0.15) is 36.9 Å². The highest BCUT2D eigenvalue weighted by Crippen LogP contribution is 2.30. The summed E-state index contributed by atoms with van der Waals surface area (Å²) in [5.74, 6) is 0.172. The Labute approximate surface area is 109 Å². The fraction of sp³-hybridized carbons (Fsp3) is 0.643. The van der Waals surface area contributed by atoms with Gasteiger partial charge in [-0.05, 0) is 44.4 Å². The van der Waals surface area contributed by atoms with Crippen molar-refractivity contribution in [3.05, 3.63) is 23.5 Å². The molecule has 0 fully saturated rings. The summed E-state index contributed by atoms with van der Waals surface area (Å²) in [4.78, 5) is 13.7. The van der Waals surface area contributed by atoms with Gasteiger partial charge in [0.15, 0.2) is 0 Å². The van der Waals surface area contributed by atoms with Crippen LogP contribution in [0, 0.1) is 0 Å². The van der Waals surface area contributed by atoms with Crippen LogP contribution < -0.4 is 5.32 Å². The Kier molecular flexibility index (Phi) is 4.07. The molecule has 18 heavy (non-hydrogen) atoms. The molecule has 1 N–H and O–H groups in total. The van der Waals surface area contributed by atoms with Crippen LogP contribution >= 0.6 is 0 Å². The van der Waals surface area contributed by atoms with E-state index in [0.29, 0.717) is 12.6 Å². The molecule has 1 aliphatic rings. The Morgan fingerprint density at radius 2 is 2.33 bits per heavy atom. The van der Waals surface area contributed by atoms with Crippen LogP contribution in [0.2, 0.25) is 0 Å². The minimum Gasteiger partial charge on any atom is -0.344 e. The number of fused-ring (bicyclic) bond motifs is 1. The first-order chi connectivity index (χ1) is 8.65. The molecule has 0 saturated heterocycles. The molecule has 1 unspecified atom stereocenters. The van der Waals surface area contributed by atoms with E-state index in [1.54, 1.807) is 4.90 Å². The first-order valence-corrected chi connectivity index (χ1v) is 6.75. The van der Waals surface area contributed by atoms with Gasteiger partial charge in [-0.3, -0.25) is 4.79 Å². The van der Waals surface area contributed by atoms with Crippen LogP contribution in [0.4, 0.5) is 0 Å². The average molecular weight is 249 g/mol. The largest absolute Gasteiger partial charge is 0.344 e. The van der Waals surface area contributed by atoms with Crippen molar-refractivity contribution in [3.8, 4) is 0 Å². The number of nitrogens with zero attached hydrogens (tertiary/aromatic N) is 2. The van der Waals surface area contributed by atoms with E-state index in [4.69, 9.17) is 0 Å². The monoisotopic (exact) mass is 249 g/mol. The van der Waals surface area contributed by atoms with Gasteiger partial charge >= 0.3 is 0 Å². The minimum absolute atomic E-state index is 0.172. The van der Waals surface area contributed by atoms with Gasteiger partial charge in [-0.25, -0.2) is 0 Å². The molecule has 1 atom stereocenters. The smallest absolute Gasteiger partial charge is 0.242 e. The maximum Gasteiger partial charge on any atom is 0.242 e. The number of rotatable bonds is 4. The van der Waals surface area contributed by atoms with E-state index < -0.39 is 0 Å². The summed E-state index contributed by atoms with van der Waals surface area (Å²) in [6.07, 6.45) is 7.83. The lowest BCUT2D eigenvalue weighted by molar-refractivity contribution is -0.130. The number of amides is 1. The van der Waals surface area contributed by atoms with Crippen molar-refractivity contribution in [2.75, 3.05) is 20.6 Å². The van der Waals surface area contributed by atoms with Crippen molar-refractivity contribution >= 4 is 5.91 Å². The summed E-state index contributed by atoms with van der Waals surface area (Å²) in [5, 5.41) is 3.35. The maximum atomic E-state index is 11.9. The highest BCUT2D eigenvalue weighted by molar-refractivity contribution is 5.75. The van der Waals surface area contributed by atoms with Crippen LogP contribution in [-0.2, 0) is 17.8 Å². The second-order valence-corrected chi connectivity index (χ2v) is 5.05. The summed E-state index contributed by atoms with van der Waals surface area (Å²) >= 11 is 0. The zero-order chi connectivity index (χ0) is 13.1. The molecule has 0 spiro atoms. The van der Waals surface area contributed by atoms with E-state index in [0.717, 1.165) is 13.0 Å². The highest BCUT2D eigenvalue weighted by atomic mass is 16.2. The molecule has 0 aliphatic heterocycles. The zero-order valence-electron chi connectivity index (χ0n) is 11.6. The number of hydrogen-bond donors (Lipinski definition) is 1. The first kappa shape index (κ1) is 13.1. The number of aryl methyl sites for hydroxylation is 1. The SMILES string of the molecule is CCN(C)C(=O)Cn1cc2c(c1)C(NC)CCC2. The van der Waals surface area contributed by atoms with Crippen molar-refractivity contribution in [2.24, 2.45) is 0 Å². The molecule has 2 rings (SSSR count). The molecule has 1 aromatic heterocycles. The van der Waals surface area contributed by atoms with Crippen molar-refractivity contribution < 1.29 is 4.79 Å². The number of hydrogen-bond acceptors (Lipinski definition) is 2. The molecular formula is C14H23N3O. The van der Waals surface area contributed by atoms with E-state index in [1.165, 1.54) is 24.0 Å². The van der Waals surface area contributed by atoms with E-state index in [9.17, 15) is 4.79 Å². The lowest BCUT2D eigenvalue weighted by atomic mass is 9.91. The Hall–Kier alpha value is -1.29. The van der Waals surface area contributed by atoms with Gasteiger partial charge in [0.2, 0.25) is 5.91 Å². The Balaban J connectivity index is 2.12. The fourth-order valence-electron chi connectivity index (χ4n) is 2.59. The first-order valence-electron chi connectivity index (χ1n) is 6.75. The molecule has 4 heteroatoms. The quantitative estimate of drug-likeness (QED) is 0.879. The minimum atomic E-state index is 0.172. The molecular weight excluding hydrogens is 226 g/mol. The van der Waals surface area contributed by atoms with Gasteiger partial charge in [0, 0.05) is 32.0 Å². The van der Waals surface area contributed by atoms with Gasteiger partial charge in [0.05, 0.1) is 0 Å². The summed E-state index contributed by atoms with van der Waals surface area (Å²) < 4.78 is 2.04.